The molecule has 0 radical (unpaired) electrons. The third kappa shape index (κ3) is 6.18. The van der Waals surface area contributed by atoms with E-state index in [9.17, 15) is 14.7 Å². The maximum Gasteiger partial charge on any atom is 0.323 e. The second kappa shape index (κ2) is 10.6. The van der Waals surface area contributed by atoms with Crippen LogP contribution in [0.3, 0.4) is 0 Å². The van der Waals surface area contributed by atoms with E-state index >= 15 is 0 Å². The Bertz CT molecular complexity index is 1260. The zero-order valence-corrected chi connectivity index (χ0v) is 21.4. The van der Waals surface area contributed by atoms with Crippen molar-refractivity contribution in [2.45, 2.75) is 51.9 Å². The molecule has 0 spiro atoms. The van der Waals surface area contributed by atoms with Crippen LogP contribution >= 0.6 is 11.6 Å². The minimum Gasteiger partial charge on any atom is -0.491 e. The standard InChI is InChI=1S/C29H30ClNO5/c1-19(2)35-25-7-5-4-6-22(25)17-31(18-27(32)33)28(34)21-10-13-26-23(14-21)16-29(3,36-26)15-20-8-11-24(30)12-9-20/h4-14,19H,15-18H2,1-3H3,(H,32,33). The average molecular weight is 508 g/mol. The predicted molar refractivity (Wildman–Crippen MR) is 139 cm³/mol. The van der Waals surface area contributed by atoms with Crippen molar-refractivity contribution in [3.63, 3.8) is 0 Å². The van der Waals surface area contributed by atoms with E-state index in [-0.39, 0.29) is 18.6 Å². The average Bonchev–Trinajstić information content (AvgIpc) is 3.15. The predicted octanol–water partition coefficient (Wildman–Crippen LogP) is 5.79. The van der Waals surface area contributed by atoms with E-state index < -0.39 is 18.1 Å². The fourth-order valence-electron chi connectivity index (χ4n) is 4.54. The van der Waals surface area contributed by atoms with Crippen molar-refractivity contribution < 1.29 is 24.2 Å². The normalized spacial score (nSPS) is 16.4. The fourth-order valence-corrected chi connectivity index (χ4v) is 4.67. The second-order valence-electron chi connectivity index (χ2n) is 9.68. The fraction of sp³-hybridized carbons (Fsp3) is 0.310. The Morgan fingerprint density at radius 1 is 1.11 bits per heavy atom. The smallest absolute Gasteiger partial charge is 0.323 e. The van der Waals surface area contributed by atoms with Crippen molar-refractivity contribution in [3.05, 3.63) is 94.0 Å². The lowest BCUT2D eigenvalue weighted by Crippen LogP contribution is -2.35. The Kier molecular flexibility index (Phi) is 7.55. The van der Waals surface area contributed by atoms with Crippen LogP contribution in [0.4, 0.5) is 0 Å². The first-order valence-corrected chi connectivity index (χ1v) is 12.3. The van der Waals surface area contributed by atoms with Gasteiger partial charge in [-0.3, -0.25) is 9.59 Å². The molecule has 3 aromatic rings. The molecule has 0 aromatic heterocycles. The van der Waals surface area contributed by atoms with Gasteiger partial charge in [-0.15, -0.1) is 0 Å². The summed E-state index contributed by atoms with van der Waals surface area (Å²) in [4.78, 5) is 26.4. The van der Waals surface area contributed by atoms with Gasteiger partial charge in [-0.1, -0.05) is 41.9 Å². The van der Waals surface area contributed by atoms with Crippen LogP contribution in [0.25, 0.3) is 0 Å². The molecule has 6 nitrogen and oxygen atoms in total. The molecule has 0 bridgehead atoms. The molecule has 0 fully saturated rings. The van der Waals surface area contributed by atoms with Gasteiger partial charge >= 0.3 is 5.97 Å². The molecule has 1 heterocycles. The van der Waals surface area contributed by atoms with Crippen LogP contribution < -0.4 is 9.47 Å². The van der Waals surface area contributed by atoms with Gasteiger partial charge in [0.15, 0.2) is 0 Å². The van der Waals surface area contributed by atoms with Crippen LogP contribution in [-0.2, 0) is 24.2 Å². The van der Waals surface area contributed by atoms with Gasteiger partial charge in [0.2, 0.25) is 0 Å². The first-order valence-electron chi connectivity index (χ1n) is 11.9. The molecule has 4 rings (SSSR count). The summed E-state index contributed by atoms with van der Waals surface area (Å²) >= 11 is 6.01. The molecule has 7 heteroatoms. The number of aliphatic carboxylic acids is 1. The summed E-state index contributed by atoms with van der Waals surface area (Å²) in [5.74, 6) is -0.0593. The van der Waals surface area contributed by atoms with E-state index in [0.29, 0.717) is 29.2 Å². The molecule has 0 saturated heterocycles. The molecule has 1 N–H and O–H groups in total. The molecular formula is C29H30ClNO5. The van der Waals surface area contributed by atoms with Gasteiger partial charge in [0, 0.05) is 29.0 Å². The van der Waals surface area contributed by atoms with Crippen LogP contribution in [0.5, 0.6) is 11.5 Å². The third-order valence-electron chi connectivity index (χ3n) is 6.03. The van der Waals surface area contributed by atoms with Crippen molar-refractivity contribution in [2.75, 3.05) is 6.54 Å². The number of nitrogens with zero attached hydrogens (tertiary/aromatic N) is 1. The van der Waals surface area contributed by atoms with Crippen molar-refractivity contribution in [1.29, 1.82) is 0 Å². The number of halogens is 1. The maximum atomic E-state index is 13.5. The van der Waals surface area contributed by atoms with Crippen molar-refractivity contribution in [2.24, 2.45) is 0 Å². The summed E-state index contributed by atoms with van der Waals surface area (Å²) in [6.07, 6.45) is 1.28. The summed E-state index contributed by atoms with van der Waals surface area (Å²) in [5, 5.41) is 10.2. The number of carbonyl (C=O) groups excluding carboxylic acids is 1. The highest BCUT2D eigenvalue weighted by Gasteiger charge is 2.35. The lowest BCUT2D eigenvalue weighted by atomic mass is 9.91. The van der Waals surface area contributed by atoms with Crippen LogP contribution in [-0.4, -0.2) is 40.1 Å². The molecule has 0 aliphatic carbocycles. The zero-order valence-electron chi connectivity index (χ0n) is 20.7. The number of fused-ring (bicyclic) bond motifs is 1. The van der Waals surface area contributed by atoms with Gasteiger partial charge in [-0.2, -0.15) is 0 Å². The van der Waals surface area contributed by atoms with Gasteiger partial charge in [-0.25, -0.2) is 0 Å². The van der Waals surface area contributed by atoms with E-state index in [2.05, 4.69) is 0 Å². The SMILES string of the molecule is CC(C)Oc1ccccc1CN(CC(=O)O)C(=O)c1ccc2c(c1)CC(C)(Cc1ccc(Cl)cc1)O2. The van der Waals surface area contributed by atoms with Crippen LogP contribution in [0.1, 0.15) is 47.8 Å². The summed E-state index contributed by atoms with van der Waals surface area (Å²) in [6, 6.07) is 20.4. The highest BCUT2D eigenvalue weighted by atomic mass is 35.5. The minimum atomic E-state index is -1.08. The summed E-state index contributed by atoms with van der Waals surface area (Å²) in [6.45, 7) is 5.59. The van der Waals surface area contributed by atoms with Crippen molar-refractivity contribution in [3.8, 4) is 11.5 Å². The largest absolute Gasteiger partial charge is 0.491 e. The zero-order chi connectivity index (χ0) is 25.9. The maximum absolute atomic E-state index is 13.5. The quantitative estimate of drug-likeness (QED) is 0.396. The number of rotatable bonds is 9. The number of hydrogen-bond donors (Lipinski definition) is 1. The number of carboxylic acid groups (broad SMARTS) is 1. The molecule has 1 aliphatic heterocycles. The Balaban J connectivity index is 1.54. The van der Waals surface area contributed by atoms with Gasteiger partial charge < -0.3 is 19.5 Å². The van der Waals surface area contributed by atoms with Gasteiger partial charge in [0.05, 0.1) is 12.6 Å². The molecule has 1 atom stereocenters. The van der Waals surface area contributed by atoms with E-state index in [1.54, 1.807) is 12.1 Å². The Morgan fingerprint density at radius 3 is 2.53 bits per heavy atom. The number of para-hydroxylation sites is 1. The Morgan fingerprint density at radius 2 is 1.83 bits per heavy atom. The van der Waals surface area contributed by atoms with E-state index in [0.717, 1.165) is 22.4 Å². The highest BCUT2D eigenvalue weighted by Crippen LogP contribution is 2.38. The number of ether oxygens (including phenoxy) is 2. The van der Waals surface area contributed by atoms with Crippen molar-refractivity contribution in [1.82, 2.24) is 4.90 Å². The molecule has 1 amide bonds. The van der Waals surface area contributed by atoms with Crippen LogP contribution in [0, 0.1) is 0 Å². The monoisotopic (exact) mass is 507 g/mol. The summed E-state index contributed by atoms with van der Waals surface area (Å²) in [5.41, 5.74) is 2.76. The van der Waals surface area contributed by atoms with Crippen LogP contribution in [0.2, 0.25) is 5.02 Å². The first-order chi connectivity index (χ1) is 17.1. The highest BCUT2D eigenvalue weighted by molar-refractivity contribution is 6.30. The summed E-state index contributed by atoms with van der Waals surface area (Å²) < 4.78 is 12.1. The second-order valence-corrected chi connectivity index (χ2v) is 10.1. The Labute approximate surface area is 216 Å². The molecule has 36 heavy (non-hydrogen) atoms. The minimum absolute atomic E-state index is 0.0475. The lowest BCUT2D eigenvalue weighted by molar-refractivity contribution is -0.137. The molecule has 1 unspecified atom stereocenters. The number of carbonyl (C=O) groups is 2. The number of hydrogen-bond acceptors (Lipinski definition) is 4. The lowest BCUT2D eigenvalue weighted by Gasteiger charge is -2.24. The Hall–Kier alpha value is -3.51. The van der Waals surface area contributed by atoms with E-state index in [1.165, 1.54) is 4.90 Å². The molecule has 1 aliphatic rings. The van der Waals surface area contributed by atoms with E-state index in [1.807, 2.05) is 75.4 Å². The molecule has 188 valence electrons. The first kappa shape index (κ1) is 25.6. The van der Waals surface area contributed by atoms with Gasteiger partial charge in [-0.05, 0) is 68.3 Å². The number of benzene rings is 3. The van der Waals surface area contributed by atoms with E-state index in [4.69, 9.17) is 21.1 Å². The summed E-state index contributed by atoms with van der Waals surface area (Å²) in [7, 11) is 0. The molecule has 0 saturated carbocycles. The van der Waals surface area contributed by atoms with Gasteiger partial charge in [0.1, 0.15) is 23.6 Å². The van der Waals surface area contributed by atoms with Gasteiger partial charge in [0.25, 0.3) is 5.91 Å². The van der Waals surface area contributed by atoms with Crippen LogP contribution in [0.15, 0.2) is 66.7 Å². The third-order valence-corrected chi connectivity index (χ3v) is 6.28. The topological polar surface area (TPSA) is 76.1 Å². The van der Waals surface area contributed by atoms with Crippen molar-refractivity contribution >= 4 is 23.5 Å². The number of amides is 1. The molecule has 3 aromatic carbocycles. The number of carboxylic acids is 1. The molecular weight excluding hydrogens is 478 g/mol.